The minimum Gasteiger partial charge on any atom is -0.335 e. The molecule has 0 N–H and O–H groups in total. The molecule has 1 fully saturated rings. The molecule has 1 aromatic heterocycles. The maximum Gasteiger partial charge on any atom is 0.289 e. The maximum absolute atomic E-state index is 14.2. The maximum atomic E-state index is 14.2. The number of hydrogen-bond donors (Lipinski definition) is 0. The van der Waals surface area contributed by atoms with Crippen LogP contribution in [0.5, 0.6) is 0 Å². The normalized spacial score (nSPS) is 15.4. The van der Waals surface area contributed by atoms with E-state index in [0.717, 1.165) is 10.4 Å². The predicted octanol–water partition coefficient (Wildman–Crippen LogP) is 3.40. The number of fused-ring (bicyclic) bond motifs is 1. The van der Waals surface area contributed by atoms with Crippen molar-refractivity contribution >= 4 is 43.0 Å². The summed E-state index contributed by atoms with van der Waals surface area (Å²) in [5, 5.41) is 11.6. The number of nitrogens with zero attached hydrogens (tertiary/aromatic N) is 3. The minimum absolute atomic E-state index is 0.0123. The van der Waals surface area contributed by atoms with Crippen molar-refractivity contribution in [2.75, 3.05) is 26.2 Å². The molecule has 31 heavy (non-hydrogen) atoms. The van der Waals surface area contributed by atoms with Crippen molar-refractivity contribution in [1.29, 1.82) is 0 Å². The Morgan fingerprint density at radius 1 is 1.10 bits per heavy atom. The molecule has 0 bridgehead atoms. The first kappa shape index (κ1) is 21.3. The summed E-state index contributed by atoms with van der Waals surface area (Å²) in [4.78, 5) is 25.1. The standard InChI is InChI=1S/C20H18FN3O5S2/c1-13-18-14(21)5-4-7-16(18)30-19(13)20(25)22-9-11-23(12-10-22)31(28,29)17-8-3-2-6-15(17)24(26)27/h2-8H,9-12H2,1H3. The average molecular weight is 464 g/mol. The zero-order valence-electron chi connectivity index (χ0n) is 16.4. The number of sulfonamides is 1. The quantitative estimate of drug-likeness (QED) is 0.436. The molecule has 162 valence electrons. The summed E-state index contributed by atoms with van der Waals surface area (Å²) >= 11 is 1.21. The van der Waals surface area contributed by atoms with Crippen LogP contribution in [0.2, 0.25) is 0 Å². The van der Waals surface area contributed by atoms with Crippen LogP contribution < -0.4 is 0 Å². The van der Waals surface area contributed by atoms with Crippen molar-refractivity contribution in [3.63, 3.8) is 0 Å². The Labute approximate surface area is 181 Å². The van der Waals surface area contributed by atoms with Gasteiger partial charge in [-0.05, 0) is 30.7 Å². The molecule has 0 atom stereocenters. The Kier molecular flexibility index (Phi) is 5.50. The number of carbonyl (C=O) groups is 1. The molecular formula is C20H18FN3O5S2. The van der Waals surface area contributed by atoms with Gasteiger partial charge in [0.15, 0.2) is 4.90 Å². The highest BCUT2D eigenvalue weighted by molar-refractivity contribution is 7.89. The number of amides is 1. The molecule has 0 radical (unpaired) electrons. The third-order valence-corrected chi connectivity index (χ3v) is 8.49. The number of carbonyl (C=O) groups excluding carboxylic acids is 1. The Morgan fingerprint density at radius 3 is 2.42 bits per heavy atom. The lowest BCUT2D eigenvalue weighted by Crippen LogP contribution is -2.50. The highest BCUT2D eigenvalue weighted by atomic mass is 32.2. The Balaban J connectivity index is 1.54. The molecule has 2 aromatic carbocycles. The smallest absolute Gasteiger partial charge is 0.289 e. The summed E-state index contributed by atoms with van der Waals surface area (Å²) in [6.45, 7) is 1.99. The highest BCUT2D eigenvalue weighted by Gasteiger charge is 2.35. The molecule has 1 amide bonds. The first-order chi connectivity index (χ1) is 14.7. The van der Waals surface area contributed by atoms with Gasteiger partial charge < -0.3 is 4.90 Å². The van der Waals surface area contributed by atoms with Gasteiger partial charge in [-0.25, -0.2) is 12.8 Å². The van der Waals surface area contributed by atoms with E-state index in [2.05, 4.69) is 0 Å². The molecule has 11 heteroatoms. The number of nitro benzene ring substituents is 1. The van der Waals surface area contributed by atoms with Gasteiger partial charge in [0.1, 0.15) is 5.82 Å². The Morgan fingerprint density at radius 2 is 1.77 bits per heavy atom. The van der Waals surface area contributed by atoms with Crippen molar-refractivity contribution in [1.82, 2.24) is 9.21 Å². The molecule has 0 aliphatic carbocycles. The second kappa shape index (κ2) is 7.98. The minimum atomic E-state index is -4.08. The number of rotatable bonds is 4. The average Bonchev–Trinajstić information content (AvgIpc) is 3.11. The zero-order chi connectivity index (χ0) is 22.3. The predicted molar refractivity (Wildman–Crippen MR) is 114 cm³/mol. The van der Waals surface area contributed by atoms with Crippen molar-refractivity contribution in [2.24, 2.45) is 0 Å². The van der Waals surface area contributed by atoms with Crippen LogP contribution >= 0.6 is 11.3 Å². The third kappa shape index (κ3) is 3.68. The Bertz CT molecular complexity index is 1300. The van der Waals surface area contributed by atoms with Crippen LogP contribution in [0, 0.1) is 22.9 Å². The lowest BCUT2D eigenvalue weighted by molar-refractivity contribution is -0.387. The van der Waals surface area contributed by atoms with Crippen LogP contribution in [0.4, 0.5) is 10.1 Å². The van der Waals surface area contributed by atoms with E-state index in [-0.39, 0.29) is 42.8 Å². The number of nitro groups is 1. The zero-order valence-corrected chi connectivity index (χ0v) is 18.1. The lowest BCUT2D eigenvalue weighted by atomic mass is 10.1. The molecule has 1 aliphatic rings. The summed E-state index contributed by atoms with van der Waals surface area (Å²) < 4.78 is 41.9. The summed E-state index contributed by atoms with van der Waals surface area (Å²) in [7, 11) is -4.08. The van der Waals surface area contributed by atoms with Crippen molar-refractivity contribution in [3.05, 3.63) is 68.8 Å². The van der Waals surface area contributed by atoms with Gasteiger partial charge >= 0.3 is 0 Å². The van der Waals surface area contributed by atoms with Gasteiger partial charge in [0.2, 0.25) is 10.0 Å². The van der Waals surface area contributed by atoms with Gasteiger partial charge in [0, 0.05) is 42.3 Å². The van der Waals surface area contributed by atoms with Crippen molar-refractivity contribution < 1.29 is 22.5 Å². The van der Waals surface area contributed by atoms with Gasteiger partial charge in [-0.15, -0.1) is 11.3 Å². The molecule has 0 spiro atoms. The van der Waals surface area contributed by atoms with E-state index < -0.39 is 20.6 Å². The number of benzene rings is 2. The summed E-state index contributed by atoms with van der Waals surface area (Å²) in [5.74, 6) is -0.661. The van der Waals surface area contributed by atoms with Crippen LogP contribution in [0.25, 0.3) is 10.1 Å². The molecule has 4 rings (SSSR count). The van der Waals surface area contributed by atoms with Gasteiger partial charge in [0.25, 0.3) is 11.6 Å². The van der Waals surface area contributed by atoms with Gasteiger partial charge in [-0.3, -0.25) is 14.9 Å². The van der Waals surface area contributed by atoms with E-state index in [0.29, 0.717) is 20.5 Å². The van der Waals surface area contributed by atoms with Crippen molar-refractivity contribution in [2.45, 2.75) is 11.8 Å². The second-order valence-electron chi connectivity index (χ2n) is 7.09. The molecule has 0 unspecified atom stereocenters. The monoisotopic (exact) mass is 463 g/mol. The van der Waals surface area contributed by atoms with E-state index in [4.69, 9.17) is 0 Å². The number of hydrogen-bond acceptors (Lipinski definition) is 6. The molecule has 0 saturated carbocycles. The summed E-state index contributed by atoms with van der Waals surface area (Å²) in [6.07, 6.45) is 0. The summed E-state index contributed by atoms with van der Waals surface area (Å²) in [5.41, 5.74) is 0.0852. The van der Waals surface area contributed by atoms with Crippen LogP contribution in [0.1, 0.15) is 15.2 Å². The second-order valence-corrected chi connectivity index (χ2v) is 10.0. The van der Waals surface area contributed by atoms with Gasteiger partial charge in [-0.1, -0.05) is 18.2 Å². The van der Waals surface area contributed by atoms with Gasteiger partial charge in [-0.2, -0.15) is 4.31 Å². The Hall–Kier alpha value is -2.89. The largest absolute Gasteiger partial charge is 0.335 e. The third-order valence-electron chi connectivity index (χ3n) is 5.30. The fourth-order valence-electron chi connectivity index (χ4n) is 3.70. The molecule has 8 nitrogen and oxygen atoms in total. The fourth-order valence-corrected chi connectivity index (χ4v) is 6.47. The highest BCUT2D eigenvalue weighted by Crippen LogP contribution is 2.34. The van der Waals surface area contributed by atoms with E-state index in [1.807, 2.05) is 0 Å². The molecule has 2 heterocycles. The first-order valence-electron chi connectivity index (χ1n) is 9.42. The summed E-state index contributed by atoms with van der Waals surface area (Å²) in [6, 6.07) is 9.89. The molecular weight excluding hydrogens is 445 g/mol. The van der Waals surface area contributed by atoms with Crippen LogP contribution in [-0.2, 0) is 10.0 Å². The van der Waals surface area contributed by atoms with E-state index in [9.17, 15) is 27.7 Å². The van der Waals surface area contributed by atoms with E-state index >= 15 is 0 Å². The molecule has 1 aliphatic heterocycles. The van der Waals surface area contributed by atoms with Gasteiger partial charge in [0.05, 0.1) is 9.80 Å². The number of para-hydroxylation sites is 1. The topological polar surface area (TPSA) is 101 Å². The van der Waals surface area contributed by atoms with E-state index in [1.54, 1.807) is 19.1 Å². The van der Waals surface area contributed by atoms with Crippen LogP contribution in [0.3, 0.4) is 0 Å². The lowest BCUT2D eigenvalue weighted by Gasteiger charge is -2.33. The van der Waals surface area contributed by atoms with Crippen LogP contribution in [0.15, 0.2) is 47.4 Å². The number of aryl methyl sites for hydroxylation is 1. The number of piperazine rings is 1. The van der Waals surface area contributed by atoms with Crippen LogP contribution in [-0.4, -0.2) is 54.6 Å². The van der Waals surface area contributed by atoms with E-state index in [1.165, 1.54) is 40.5 Å². The first-order valence-corrected chi connectivity index (χ1v) is 11.7. The number of thiophene rings is 1. The fraction of sp³-hybridized carbons (Fsp3) is 0.250. The molecule has 1 saturated heterocycles. The number of halogens is 1. The molecule has 3 aromatic rings. The van der Waals surface area contributed by atoms with Crippen molar-refractivity contribution in [3.8, 4) is 0 Å². The SMILES string of the molecule is Cc1c(C(=O)N2CCN(S(=O)(=O)c3ccccc3[N+](=O)[O-])CC2)sc2cccc(F)c12.